The fourth-order valence-electron chi connectivity index (χ4n) is 3.30. The quantitative estimate of drug-likeness (QED) is 0.339. The third kappa shape index (κ3) is 6.04. The Morgan fingerprint density at radius 3 is 2.46 bits per heavy atom. The maximum Gasteiger partial charge on any atom is 0.257 e. The molecule has 2 heterocycles. The number of carbonyl (C=O) groups is 2. The first-order valence-corrected chi connectivity index (χ1v) is 11.9. The highest BCUT2D eigenvalue weighted by Crippen LogP contribution is 2.23. The minimum Gasteiger partial charge on any atom is -0.494 e. The van der Waals surface area contributed by atoms with Crippen molar-refractivity contribution < 1.29 is 14.3 Å². The lowest BCUT2D eigenvalue weighted by molar-refractivity contribution is -0.113. The second kappa shape index (κ2) is 11.3. The Labute approximate surface area is 206 Å². The molecule has 0 fully saturated rings. The summed E-state index contributed by atoms with van der Waals surface area (Å²) >= 11 is 1.26. The van der Waals surface area contributed by atoms with E-state index in [0.29, 0.717) is 34.5 Å². The lowest BCUT2D eigenvalue weighted by atomic mass is 10.1. The first-order valence-electron chi connectivity index (χ1n) is 10.9. The zero-order chi connectivity index (χ0) is 24.6. The summed E-state index contributed by atoms with van der Waals surface area (Å²) in [5, 5.41) is 14.7. The van der Waals surface area contributed by atoms with Gasteiger partial charge >= 0.3 is 0 Å². The Morgan fingerprint density at radius 2 is 1.71 bits per heavy atom. The van der Waals surface area contributed by atoms with Crippen LogP contribution in [0.5, 0.6) is 5.75 Å². The molecule has 2 N–H and O–H groups in total. The zero-order valence-electron chi connectivity index (χ0n) is 19.3. The molecule has 35 heavy (non-hydrogen) atoms. The van der Waals surface area contributed by atoms with Gasteiger partial charge in [-0.25, -0.2) is 0 Å². The highest BCUT2D eigenvalue weighted by molar-refractivity contribution is 7.99. The van der Waals surface area contributed by atoms with Crippen molar-refractivity contribution in [1.82, 2.24) is 19.7 Å². The van der Waals surface area contributed by atoms with Crippen molar-refractivity contribution >= 4 is 35.0 Å². The average molecular weight is 489 g/mol. The molecule has 0 atom stereocenters. The van der Waals surface area contributed by atoms with Crippen molar-refractivity contribution in [1.29, 1.82) is 0 Å². The Balaban J connectivity index is 1.38. The molecule has 10 heteroatoms. The van der Waals surface area contributed by atoms with Crippen LogP contribution in [0.4, 0.5) is 11.4 Å². The van der Waals surface area contributed by atoms with Crippen LogP contribution in [0, 0.1) is 0 Å². The smallest absolute Gasteiger partial charge is 0.257 e. The Kier molecular flexibility index (Phi) is 7.74. The van der Waals surface area contributed by atoms with Gasteiger partial charge in [-0.3, -0.25) is 14.6 Å². The molecule has 0 aliphatic rings. The van der Waals surface area contributed by atoms with E-state index < -0.39 is 0 Å². The molecule has 2 aromatic heterocycles. The molecule has 0 aliphatic heterocycles. The molecule has 4 rings (SSSR count). The number of ether oxygens (including phenoxy) is 1. The molecule has 4 aromatic rings. The van der Waals surface area contributed by atoms with Gasteiger partial charge in [-0.05, 0) is 55.5 Å². The van der Waals surface area contributed by atoms with E-state index in [1.807, 2.05) is 30.7 Å². The largest absolute Gasteiger partial charge is 0.494 e. The molecule has 0 aliphatic carbocycles. The van der Waals surface area contributed by atoms with Crippen molar-refractivity contribution in [2.45, 2.75) is 12.1 Å². The molecule has 0 radical (unpaired) electrons. The van der Waals surface area contributed by atoms with E-state index in [2.05, 4.69) is 25.8 Å². The lowest BCUT2D eigenvalue weighted by Gasteiger charge is -2.12. The number of benzene rings is 2. The Bertz CT molecular complexity index is 1310. The fraction of sp³-hybridized carbons (Fsp3) is 0.160. The number of carbonyl (C=O) groups excluding carboxylic acids is 2. The van der Waals surface area contributed by atoms with Crippen LogP contribution < -0.4 is 15.4 Å². The van der Waals surface area contributed by atoms with E-state index in [-0.39, 0.29) is 17.6 Å². The van der Waals surface area contributed by atoms with Crippen LogP contribution in [-0.4, -0.2) is 43.9 Å². The number of pyridine rings is 1. The van der Waals surface area contributed by atoms with Crippen LogP contribution in [0.15, 0.2) is 78.2 Å². The summed E-state index contributed by atoms with van der Waals surface area (Å²) in [7, 11) is 1.84. The second-order valence-electron chi connectivity index (χ2n) is 7.40. The number of amides is 2. The fourth-order valence-corrected chi connectivity index (χ4v) is 4.01. The van der Waals surface area contributed by atoms with Crippen LogP contribution in [0.25, 0.3) is 11.4 Å². The number of para-hydroxylation sites is 1. The van der Waals surface area contributed by atoms with Crippen LogP contribution in [0.3, 0.4) is 0 Å². The topological polar surface area (TPSA) is 111 Å². The Morgan fingerprint density at radius 1 is 0.971 bits per heavy atom. The number of rotatable bonds is 9. The zero-order valence-corrected chi connectivity index (χ0v) is 20.1. The van der Waals surface area contributed by atoms with E-state index >= 15 is 0 Å². The third-order valence-electron chi connectivity index (χ3n) is 4.97. The summed E-state index contributed by atoms with van der Waals surface area (Å²) in [4.78, 5) is 29.5. The maximum absolute atomic E-state index is 12.9. The van der Waals surface area contributed by atoms with E-state index in [4.69, 9.17) is 4.74 Å². The van der Waals surface area contributed by atoms with Gasteiger partial charge < -0.3 is 19.9 Å². The molecule has 178 valence electrons. The molecule has 0 bridgehead atoms. The maximum atomic E-state index is 12.9. The highest BCUT2D eigenvalue weighted by Gasteiger charge is 2.16. The van der Waals surface area contributed by atoms with Gasteiger partial charge in [0.05, 0.1) is 23.6 Å². The number of hydrogen-bond donors (Lipinski definition) is 2. The van der Waals surface area contributed by atoms with Gasteiger partial charge in [-0.1, -0.05) is 23.9 Å². The number of thioether (sulfide) groups is 1. The summed E-state index contributed by atoms with van der Waals surface area (Å²) in [5.41, 5.74) is 2.30. The van der Waals surface area contributed by atoms with Crippen LogP contribution >= 0.6 is 11.8 Å². The number of nitrogens with one attached hydrogen (secondary N) is 2. The third-order valence-corrected chi connectivity index (χ3v) is 5.99. The predicted molar refractivity (Wildman–Crippen MR) is 136 cm³/mol. The monoisotopic (exact) mass is 488 g/mol. The molecule has 2 aromatic carbocycles. The first kappa shape index (κ1) is 24.0. The summed E-state index contributed by atoms with van der Waals surface area (Å²) in [5.74, 6) is 0.938. The second-order valence-corrected chi connectivity index (χ2v) is 8.34. The number of hydrogen-bond acceptors (Lipinski definition) is 7. The van der Waals surface area contributed by atoms with Crippen molar-refractivity contribution in [3.8, 4) is 17.1 Å². The molecule has 2 amide bonds. The van der Waals surface area contributed by atoms with Gasteiger partial charge in [0.25, 0.3) is 5.91 Å². The summed E-state index contributed by atoms with van der Waals surface area (Å²) in [6, 6.07) is 17.7. The molecule has 0 saturated carbocycles. The van der Waals surface area contributed by atoms with E-state index in [9.17, 15) is 9.59 Å². The molecule has 0 spiro atoms. The first-order chi connectivity index (χ1) is 17.0. The average Bonchev–Trinajstić information content (AvgIpc) is 3.25. The highest BCUT2D eigenvalue weighted by atomic mass is 32.2. The minimum atomic E-state index is -0.326. The van der Waals surface area contributed by atoms with Crippen molar-refractivity contribution in [3.63, 3.8) is 0 Å². The normalized spacial score (nSPS) is 10.6. The van der Waals surface area contributed by atoms with E-state index in [0.717, 1.165) is 11.3 Å². The standard InChI is InChI=1S/C25H24N6O3S/c1-3-34-19-10-8-18(9-11-19)27-24(33)20-6-4-5-7-21(20)28-22(32)16-35-25-30-29-23(31(25)2)17-12-14-26-15-13-17/h4-15H,3,16H2,1-2H3,(H,27,33)(H,28,32). The minimum absolute atomic E-state index is 0.108. The van der Waals surface area contributed by atoms with Gasteiger partial charge in [0.15, 0.2) is 11.0 Å². The summed E-state index contributed by atoms with van der Waals surface area (Å²) in [6.07, 6.45) is 3.38. The van der Waals surface area contributed by atoms with Crippen molar-refractivity contribution in [3.05, 3.63) is 78.6 Å². The van der Waals surface area contributed by atoms with Gasteiger partial charge in [-0.2, -0.15) is 0 Å². The summed E-state index contributed by atoms with van der Waals surface area (Å²) in [6.45, 7) is 2.48. The number of aromatic nitrogens is 4. The number of nitrogens with zero attached hydrogens (tertiary/aromatic N) is 4. The van der Waals surface area contributed by atoms with Gasteiger partial charge in [-0.15, -0.1) is 10.2 Å². The molecule has 9 nitrogen and oxygen atoms in total. The van der Waals surface area contributed by atoms with Gasteiger partial charge in [0.2, 0.25) is 5.91 Å². The summed E-state index contributed by atoms with van der Waals surface area (Å²) < 4.78 is 7.25. The molecule has 0 unspecified atom stereocenters. The molecule has 0 saturated heterocycles. The van der Waals surface area contributed by atoms with Gasteiger partial charge in [0, 0.05) is 30.7 Å². The Hall–Kier alpha value is -4.18. The van der Waals surface area contributed by atoms with E-state index in [1.54, 1.807) is 60.9 Å². The lowest BCUT2D eigenvalue weighted by Crippen LogP contribution is -2.19. The van der Waals surface area contributed by atoms with Crippen molar-refractivity contribution in [2.24, 2.45) is 7.05 Å². The SMILES string of the molecule is CCOc1ccc(NC(=O)c2ccccc2NC(=O)CSc2nnc(-c3ccncc3)n2C)cc1. The van der Waals surface area contributed by atoms with Crippen LogP contribution in [0.2, 0.25) is 0 Å². The van der Waals surface area contributed by atoms with Gasteiger partial charge in [0.1, 0.15) is 5.75 Å². The van der Waals surface area contributed by atoms with Crippen molar-refractivity contribution in [2.75, 3.05) is 23.0 Å². The number of anilines is 2. The van der Waals surface area contributed by atoms with Crippen LogP contribution in [0.1, 0.15) is 17.3 Å². The molecular weight excluding hydrogens is 464 g/mol. The predicted octanol–water partition coefficient (Wildman–Crippen LogP) is 4.26. The molecular formula is C25H24N6O3S. The van der Waals surface area contributed by atoms with E-state index in [1.165, 1.54) is 11.8 Å². The van der Waals surface area contributed by atoms with Crippen LogP contribution in [-0.2, 0) is 11.8 Å².